The van der Waals surface area contributed by atoms with Crippen molar-refractivity contribution in [2.45, 2.75) is 45.6 Å². The van der Waals surface area contributed by atoms with Crippen LogP contribution in [0.1, 0.15) is 37.9 Å². The minimum absolute atomic E-state index is 0.209. The van der Waals surface area contributed by atoms with E-state index < -0.39 is 5.54 Å². The van der Waals surface area contributed by atoms with Gasteiger partial charge in [-0.1, -0.05) is 25.4 Å². The maximum atomic E-state index is 12.7. The normalized spacial score (nSPS) is 12.2. The number of Topliss-reactive ketones (excluding diaryl/α,β-unsaturated/α-hetero) is 1. The summed E-state index contributed by atoms with van der Waals surface area (Å²) in [7, 11) is 5.72. The summed E-state index contributed by atoms with van der Waals surface area (Å²) in [5, 5.41) is 4.82. The number of halogens is 1. The molecule has 108 valence electrons. The number of rotatable bonds is 6. The van der Waals surface area contributed by atoms with E-state index in [2.05, 4.69) is 18.9 Å². The zero-order valence-corrected chi connectivity index (χ0v) is 13.5. The molecule has 0 saturated carbocycles. The molecule has 0 bridgehead atoms. The van der Waals surface area contributed by atoms with Crippen molar-refractivity contribution in [2.24, 2.45) is 7.05 Å². The summed E-state index contributed by atoms with van der Waals surface area (Å²) < 4.78 is 1.62. The van der Waals surface area contributed by atoms with Crippen molar-refractivity contribution in [2.75, 3.05) is 14.1 Å². The fraction of sp³-hybridized carbons (Fsp3) is 0.714. The molecular weight excluding hydrogens is 262 g/mol. The van der Waals surface area contributed by atoms with Crippen LogP contribution in [0.25, 0.3) is 0 Å². The topological polar surface area (TPSA) is 38.1 Å². The van der Waals surface area contributed by atoms with Crippen molar-refractivity contribution in [1.29, 1.82) is 0 Å². The van der Waals surface area contributed by atoms with Crippen LogP contribution in [0.15, 0.2) is 0 Å². The first-order chi connectivity index (χ1) is 8.80. The average molecular weight is 286 g/mol. The van der Waals surface area contributed by atoms with Gasteiger partial charge in [0.1, 0.15) is 5.15 Å². The smallest absolute Gasteiger partial charge is 0.157 e. The first kappa shape index (κ1) is 16.2. The SMILES string of the molecule is CCC(CC)(C(=O)Cc1c(C)nn(C)c1Cl)N(C)C. The van der Waals surface area contributed by atoms with Crippen LogP contribution < -0.4 is 0 Å². The summed E-state index contributed by atoms with van der Waals surface area (Å²) in [5.74, 6) is 0.209. The van der Waals surface area contributed by atoms with Crippen LogP contribution in [-0.2, 0) is 18.3 Å². The molecule has 5 heteroatoms. The van der Waals surface area contributed by atoms with Gasteiger partial charge in [-0.2, -0.15) is 5.10 Å². The number of nitrogens with zero attached hydrogens (tertiary/aromatic N) is 3. The van der Waals surface area contributed by atoms with E-state index in [1.807, 2.05) is 25.9 Å². The van der Waals surface area contributed by atoms with Gasteiger partial charge in [-0.15, -0.1) is 0 Å². The number of aromatic nitrogens is 2. The lowest BCUT2D eigenvalue weighted by Crippen LogP contribution is -2.51. The molecule has 0 unspecified atom stereocenters. The quantitative estimate of drug-likeness (QED) is 0.806. The fourth-order valence-electron chi connectivity index (χ4n) is 2.73. The van der Waals surface area contributed by atoms with Crippen molar-refractivity contribution >= 4 is 17.4 Å². The van der Waals surface area contributed by atoms with Gasteiger partial charge in [-0.25, -0.2) is 0 Å². The number of hydrogen-bond donors (Lipinski definition) is 0. The molecule has 0 atom stereocenters. The molecule has 1 rings (SSSR count). The van der Waals surface area contributed by atoms with E-state index in [0.717, 1.165) is 24.1 Å². The minimum Gasteiger partial charge on any atom is -0.297 e. The highest BCUT2D eigenvalue weighted by Crippen LogP contribution is 2.27. The Morgan fingerprint density at radius 3 is 2.21 bits per heavy atom. The van der Waals surface area contributed by atoms with Crippen molar-refractivity contribution in [3.05, 3.63) is 16.4 Å². The minimum atomic E-state index is -0.411. The predicted molar refractivity (Wildman–Crippen MR) is 78.7 cm³/mol. The average Bonchev–Trinajstić information content (AvgIpc) is 2.58. The number of hydrogen-bond acceptors (Lipinski definition) is 3. The molecule has 0 saturated heterocycles. The summed E-state index contributed by atoms with van der Waals surface area (Å²) in [6, 6.07) is 0. The molecule has 0 fully saturated rings. The first-order valence-electron chi connectivity index (χ1n) is 6.68. The van der Waals surface area contributed by atoms with Gasteiger partial charge in [-0.05, 0) is 33.9 Å². The van der Waals surface area contributed by atoms with Gasteiger partial charge in [0, 0.05) is 19.0 Å². The lowest BCUT2D eigenvalue weighted by atomic mass is 9.84. The van der Waals surface area contributed by atoms with Gasteiger partial charge < -0.3 is 0 Å². The highest BCUT2D eigenvalue weighted by molar-refractivity contribution is 6.30. The van der Waals surface area contributed by atoms with Crippen molar-refractivity contribution < 1.29 is 4.79 Å². The number of likely N-dealkylation sites (N-methyl/N-ethyl adjacent to an activating group) is 1. The van der Waals surface area contributed by atoms with E-state index in [1.54, 1.807) is 11.7 Å². The van der Waals surface area contributed by atoms with E-state index in [9.17, 15) is 4.79 Å². The highest BCUT2D eigenvalue weighted by Gasteiger charge is 2.37. The van der Waals surface area contributed by atoms with Gasteiger partial charge in [0.15, 0.2) is 5.78 Å². The lowest BCUT2D eigenvalue weighted by Gasteiger charge is -2.37. The van der Waals surface area contributed by atoms with Crippen LogP contribution in [-0.4, -0.2) is 40.1 Å². The molecule has 0 N–H and O–H groups in total. The van der Waals surface area contributed by atoms with Crippen LogP contribution in [0, 0.1) is 6.92 Å². The molecule has 0 amide bonds. The Morgan fingerprint density at radius 1 is 1.37 bits per heavy atom. The third-order valence-electron chi connectivity index (χ3n) is 4.15. The Labute approximate surface area is 120 Å². The second-order valence-corrected chi connectivity index (χ2v) is 5.57. The second-order valence-electron chi connectivity index (χ2n) is 5.21. The molecule has 0 radical (unpaired) electrons. The summed E-state index contributed by atoms with van der Waals surface area (Å²) >= 11 is 6.21. The number of carbonyl (C=O) groups is 1. The molecule has 1 aromatic rings. The van der Waals surface area contributed by atoms with E-state index in [1.165, 1.54) is 0 Å². The van der Waals surface area contributed by atoms with Crippen LogP contribution in [0.2, 0.25) is 5.15 Å². The summed E-state index contributed by atoms with van der Waals surface area (Å²) in [5.41, 5.74) is 1.27. The third kappa shape index (κ3) is 2.84. The molecule has 4 nitrogen and oxygen atoms in total. The Bertz CT molecular complexity index is 462. The summed E-state index contributed by atoms with van der Waals surface area (Å²) in [6.45, 7) is 6.00. The first-order valence-corrected chi connectivity index (χ1v) is 7.06. The molecule has 0 aliphatic rings. The van der Waals surface area contributed by atoms with Crippen molar-refractivity contribution in [3.63, 3.8) is 0 Å². The van der Waals surface area contributed by atoms with Crippen LogP contribution in [0.4, 0.5) is 0 Å². The standard InChI is InChI=1S/C14H24ClN3O/c1-7-14(8-2,17(4)5)12(19)9-11-10(3)16-18(6)13(11)15/h7-9H2,1-6H3. The van der Waals surface area contributed by atoms with E-state index >= 15 is 0 Å². The van der Waals surface area contributed by atoms with Crippen LogP contribution in [0.5, 0.6) is 0 Å². The monoisotopic (exact) mass is 285 g/mol. The van der Waals surface area contributed by atoms with E-state index in [0.29, 0.717) is 11.6 Å². The zero-order valence-electron chi connectivity index (χ0n) is 12.7. The fourth-order valence-corrected chi connectivity index (χ4v) is 2.97. The Balaban J connectivity index is 3.07. The molecule has 19 heavy (non-hydrogen) atoms. The van der Waals surface area contributed by atoms with E-state index in [-0.39, 0.29) is 5.78 Å². The molecule has 1 aromatic heterocycles. The highest BCUT2D eigenvalue weighted by atomic mass is 35.5. The maximum absolute atomic E-state index is 12.7. The Hall–Kier alpha value is -0.870. The second kappa shape index (κ2) is 6.06. The molecule has 0 spiro atoms. The maximum Gasteiger partial charge on any atom is 0.157 e. The molecule has 1 heterocycles. The number of carbonyl (C=O) groups excluding carboxylic acids is 1. The van der Waals surface area contributed by atoms with Gasteiger partial charge in [0.2, 0.25) is 0 Å². The Morgan fingerprint density at radius 2 is 1.89 bits per heavy atom. The van der Waals surface area contributed by atoms with Crippen LogP contribution in [0.3, 0.4) is 0 Å². The molecule has 0 aliphatic carbocycles. The largest absolute Gasteiger partial charge is 0.297 e. The number of aryl methyl sites for hydroxylation is 2. The molecule has 0 aliphatic heterocycles. The molecular formula is C14H24ClN3O. The number of ketones is 1. The third-order valence-corrected chi connectivity index (χ3v) is 4.62. The lowest BCUT2D eigenvalue weighted by molar-refractivity contribution is -0.129. The molecule has 0 aromatic carbocycles. The van der Waals surface area contributed by atoms with Gasteiger partial charge in [-0.3, -0.25) is 14.4 Å². The van der Waals surface area contributed by atoms with Gasteiger partial charge in [0.05, 0.1) is 11.2 Å². The van der Waals surface area contributed by atoms with Crippen molar-refractivity contribution in [1.82, 2.24) is 14.7 Å². The van der Waals surface area contributed by atoms with Crippen molar-refractivity contribution in [3.8, 4) is 0 Å². The summed E-state index contributed by atoms with van der Waals surface area (Å²) in [6.07, 6.45) is 1.94. The van der Waals surface area contributed by atoms with Crippen LogP contribution >= 0.6 is 11.6 Å². The van der Waals surface area contributed by atoms with E-state index in [4.69, 9.17) is 11.6 Å². The summed E-state index contributed by atoms with van der Waals surface area (Å²) in [4.78, 5) is 14.7. The predicted octanol–water partition coefficient (Wildman–Crippen LogP) is 2.61. The zero-order chi connectivity index (χ0) is 14.8. The van der Waals surface area contributed by atoms with Gasteiger partial charge in [0.25, 0.3) is 0 Å². The van der Waals surface area contributed by atoms with Gasteiger partial charge >= 0.3 is 0 Å². The Kier molecular flexibility index (Phi) is 5.16.